The molecule has 0 radical (unpaired) electrons. The third kappa shape index (κ3) is 5.66. The maximum Gasteiger partial charge on any atom is 0.406 e. The molecule has 1 amide bonds. The molecular weight excluding hydrogens is 351 g/mol. The topological polar surface area (TPSA) is 48.0 Å². The summed E-state index contributed by atoms with van der Waals surface area (Å²) in [4.78, 5) is 13.3. The molecule has 26 heavy (non-hydrogen) atoms. The molecule has 0 saturated carbocycles. The van der Waals surface area contributed by atoms with Gasteiger partial charge in [0, 0.05) is 25.3 Å². The lowest BCUT2D eigenvalue weighted by molar-refractivity contribution is -0.165. The van der Waals surface area contributed by atoms with Crippen LogP contribution in [0.3, 0.4) is 0 Å². The van der Waals surface area contributed by atoms with Gasteiger partial charge in [0.15, 0.2) is 11.5 Å². The highest BCUT2D eigenvalue weighted by Gasteiger charge is 2.36. The molecule has 8 heteroatoms. The average Bonchev–Trinajstić information content (AvgIpc) is 2.63. The molecule has 1 aliphatic rings. The summed E-state index contributed by atoms with van der Waals surface area (Å²) in [5.41, 5.74) is 0.620. The van der Waals surface area contributed by atoms with Crippen molar-refractivity contribution < 1.29 is 32.2 Å². The Kier molecular flexibility index (Phi) is 6.90. The van der Waals surface area contributed by atoms with Crippen LogP contribution in [0.4, 0.5) is 13.2 Å². The first-order chi connectivity index (χ1) is 12.3. The number of carbonyl (C=O) groups excluding carboxylic acids is 1. The zero-order valence-electron chi connectivity index (χ0n) is 14.7. The van der Waals surface area contributed by atoms with Crippen molar-refractivity contribution in [1.82, 2.24) is 4.90 Å². The zero-order valence-corrected chi connectivity index (χ0v) is 14.7. The van der Waals surface area contributed by atoms with Gasteiger partial charge in [-0.05, 0) is 36.6 Å². The second kappa shape index (κ2) is 8.93. The van der Waals surface area contributed by atoms with Crippen LogP contribution in [-0.2, 0) is 9.53 Å². The number of halogens is 3. The lowest BCUT2D eigenvalue weighted by atomic mass is 10.1. The largest absolute Gasteiger partial charge is 0.493 e. The van der Waals surface area contributed by atoms with Crippen molar-refractivity contribution in [3.8, 4) is 11.5 Å². The van der Waals surface area contributed by atoms with Gasteiger partial charge in [0.1, 0.15) is 6.54 Å². The number of hydrogen-bond acceptors (Lipinski definition) is 4. The first-order valence-electron chi connectivity index (χ1n) is 8.19. The van der Waals surface area contributed by atoms with Gasteiger partial charge in [-0.1, -0.05) is 6.07 Å². The van der Waals surface area contributed by atoms with Crippen molar-refractivity contribution in [2.45, 2.75) is 25.1 Å². The van der Waals surface area contributed by atoms with E-state index < -0.39 is 24.7 Å². The first-order valence-corrected chi connectivity index (χ1v) is 8.19. The van der Waals surface area contributed by atoms with Crippen molar-refractivity contribution in [2.75, 3.05) is 34.0 Å². The highest BCUT2D eigenvalue weighted by atomic mass is 19.4. The minimum atomic E-state index is -4.45. The van der Waals surface area contributed by atoms with Gasteiger partial charge in [-0.25, -0.2) is 0 Å². The number of alkyl halides is 3. The van der Waals surface area contributed by atoms with E-state index in [0.29, 0.717) is 43.1 Å². The van der Waals surface area contributed by atoms with Crippen LogP contribution in [0, 0.1) is 0 Å². The second-order valence-corrected chi connectivity index (χ2v) is 5.87. The molecule has 0 aliphatic carbocycles. The van der Waals surface area contributed by atoms with E-state index in [1.807, 2.05) is 0 Å². The van der Waals surface area contributed by atoms with Crippen LogP contribution in [0.1, 0.15) is 18.4 Å². The van der Waals surface area contributed by atoms with Crippen LogP contribution >= 0.6 is 0 Å². The Labute approximate surface area is 150 Å². The van der Waals surface area contributed by atoms with Gasteiger partial charge in [0.2, 0.25) is 5.91 Å². The van der Waals surface area contributed by atoms with E-state index in [1.54, 1.807) is 18.2 Å². The molecule has 1 aliphatic heterocycles. The van der Waals surface area contributed by atoms with Crippen LogP contribution in [0.2, 0.25) is 0 Å². The molecule has 5 nitrogen and oxygen atoms in total. The molecule has 144 valence electrons. The van der Waals surface area contributed by atoms with Crippen molar-refractivity contribution in [2.24, 2.45) is 0 Å². The monoisotopic (exact) mass is 373 g/mol. The van der Waals surface area contributed by atoms with Gasteiger partial charge in [0.05, 0.1) is 14.2 Å². The number of hydrogen-bond donors (Lipinski definition) is 0. The number of benzene rings is 1. The minimum Gasteiger partial charge on any atom is -0.493 e. The molecule has 0 atom stereocenters. The highest BCUT2D eigenvalue weighted by molar-refractivity contribution is 5.92. The fraction of sp³-hybridized carbons (Fsp3) is 0.500. The fourth-order valence-corrected chi connectivity index (χ4v) is 2.80. The summed E-state index contributed by atoms with van der Waals surface area (Å²) in [6.45, 7) is -0.565. The number of methoxy groups -OCH3 is 2. The summed E-state index contributed by atoms with van der Waals surface area (Å²) >= 11 is 0. The number of ether oxygens (including phenoxy) is 3. The number of nitrogens with zero attached hydrogens (tertiary/aromatic N) is 1. The van der Waals surface area contributed by atoms with Gasteiger partial charge in [-0.3, -0.25) is 4.79 Å². The maximum atomic E-state index is 12.9. The molecule has 0 spiro atoms. The summed E-state index contributed by atoms with van der Waals surface area (Å²) in [5.74, 6) is 0.319. The molecule has 2 rings (SSSR count). The molecule has 0 bridgehead atoms. The summed E-state index contributed by atoms with van der Waals surface area (Å²) in [7, 11) is 2.98. The third-order valence-electron chi connectivity index (χ3n) is 4.09. The van der Waals surface area contributed by atoms with Crippen LogP contribution in [-0.4, -0.2) is 57.0 Å². The average molecular weight is 373 g/mol. The Morgan fingerprint density at radius 3 is 2.46 bits per heavy atom. The molecule has 0 unspecified atom stereocenters. The quantitative estimate of drug-likeness (QED) is 0.718. The number of carbonyl (C=O) groups is 1. The smallest absolute Gasteiger partial charge is 0.406 e. The van der Waals surface area contributed by atoms with Gasteiger partial charge in [-0.2, -0.15) is 13.2 Å². The second-order valence-electron chi connectivity index (χ2n) is 5.87. The summed E-state index contributed by atoms with van der Waals surface area (Å²) in [6.07, 6.45) is -1.04. The Morgan fingerprint density at radius 2 is 1.88 bits per heavy atom. The van der Waals surface area contributed by atoms with Gasteiger partial charge >= 0.3 is 6.18 Å². The molecule has 1 aromatic carbocycles. The Balaban J connectivity index is 2.15. The van der Waals surface area contributed by atoms with E-state index in [0.717, 1.165) is 11.0 Å². The van der Waals surface area contributed by atoms with Crippen LogP contribution < -0.4 is 9.47 Å². The van der Waals surface area contributed by atoms with E-state index in [2.05, 4.69) is 0 Å². The Bertz CT molecular complexity index is 640. The molecule has 0 N–H and O–H groups in total. The zero-order chi connectivity index (χ0) is 19.2. The molecular formula is C18H22F3NO4. The standard InChI is InChI=1S/C18H22F3NO4/c1-24-15-5-3-13(11-16(15)25-2)4-6-17(23)22(12-18(19,20)21)14-7-9-26-10-8-14/h3-6,11,14H,7-10,12H2,1-2H3/b6-4+. The van der Waals surface area contributed by atoms with Crippen molar-refractivity contribution in [1.29, 1.82) is 0 Å². The fourth-order valence-electron chi connectivity index (χ4n) is 2.80. The van der Waals surface area contributed by atoms with Crippen LogP contribution in [0.15, 0.2) is 24.3 Å². The lowest BCUT2D eigenvalue weighted by Gasteiger charge is -2.34. The third-order valence-corrected chi connectivity index (χ3v) is 4.09. The van der Waals surface area contributed by atoms with Crippen LogP contribution in [0.5, 0.6) is 11.5 Å². The van der Waals surface area contributed by atoms with Crippen molar-refractivity contribution in [3.63, 3.8) is 0 Å². The SMILES string of the molecule is COc1ccc(/C=C/C(=O)N(CC(F)(F)F)C2CCOCC2)cc1OC. The van der Waals surface area contributed by atoms with Crippen molar-refractivity contribution in [3.05, 3.63) is 29.8 Å². The van der Waals surface area contributed by atoms with Crippen molar-refractivity contribution >= 4 is 12.0 Å². The summed E-state index contributed by atoms with van der Waals surface area (Å²) in [5, 5.41) is 0. The van der Waals surface area contributed by atoms with E-state index >= 15 is 0 Å². The lowest BCUT2D eigenvalue weighted by Crippen LogP contribution is -2.47. The van der Waals surface area contributed by atoms with Gasteiger partial charge in [-0.15, -0.1) is 0 Å². The predicted molar refractivity (Wildman–Crippen MR) is 90.2 cm³/mol. The summed E-state index contributed by atoms with van der Waals surface area (Å²) in [6, 6.07) is 4.52. The molecule has 1 saturated heterocycles. The van der Waals surface area contributed by atoms with E-state index in [-0.39, 0.29) is 0 Å². The number of amides is 1. The van der Waals surface area contributed by atoms with E-state index in [1.165, 1.54) is 20.3 Å². The number of rotatable bonds is 6. The molecule has 1 fully saturated rings. The molecule has 0 aromatic heterocycles. The first kappa shape index (κ1) is 20.1. The Hall–Kier alpha value is -2.22. The van der Waals surface area contributed by atoms with Crippen LogP contribution in [0.25, 0.3) is 6.08 Å². The highest BCUT2D eigenvalue weighted by Crippen LogP contribution is 2.28. The molecule has 1 aromatic rings. The summed E-state index contributed by atoms with van der Waals surface area (Å²) < 4.78 is 54.1. The Morgan fingerprint density at radius 1 is 1.23 bits per heavy atom. The maximum absolute atomic E-state index is 12.9. The normalized spacial score (nSPS) is 15.9. The molecule has 1 heterocycles. The van der Waals surface area contributed by atoms with E-state index in [4.69, 9.17) is 14.2 Å². The predicted octanol–water partition coefficient (Wildman–Crippen LogP) is 3.29. The minimum absolute atomic E-state index is 0.353. The van der Waals surface area contributed by atoms with E-state index in [9.17, 15) is 18.0 Å². The van der Waals surface area contributed by atoms with Gasteiger partial charge < -0.3 is 19.1 Å². The van der Waals surface area contributed by atoms with Gasteiger partial charge in [0.25, 0.3) is 0 Å².